The molecule has 0 aliphatic heterocycles. The fourth-order valence-electron chi connectivity index (χ4n) is 3.76. The molecule has 2 aromatic heterocycles. The Labute approximate surface area is 164 Å². The second kappa shape index (κ2) is 7.43. The van der Waals surface area contributed by atoms with E-state index in [1.54, 1.807) is 6.20 Å². The molecule has 5 heteroatoms. The van der Waals surface area contributed by atoms with Crippen molar-refractivity contribution in [1.82, 2.24) is 19.1 Å². The number of para-hydroxylation sites is 1. The van der Waals surface area contributed by atoms with Crippen LogP contribution in [-0.4, -0.2) is 19.1 Å². The third-order valence-electron chi connectivity index (χ3n) is 5.13. The summed E-state index contributed by atoms with van der Waals surface area (Å²) in [7, 11) is 0. The van der Waals surface area contributed by atoms with Crippen molar-refractivity contribution in [2.75, 3.05) is 0 Å². The van der Waals surface area contributed by atoms with E-state index in [1.807, 2.05) is 72.3 Å². The summed E-state index contributed by atoms with van der Waals surface area (Å²) in [5.74, 6) is 1.92. The summed E-state index contributed by atoms with van der Waals surface area (Å²) in [5.41, 5.74) is 1.80. The Balaban J connectivity index is 1.99. The highest BCUT2D eigenvalue weighted by Gasteiger charge is 2.25. The smallest absolute Gasteiger partial charge is 0.261 e. The number of imidazole rings is 1. The zero-order valence-corrected chi connectivity index (χ0v) is 16.4. The van der Waals surface area contributed by atoms with Crippen LogP contribution in [0.1, 0.15) is 37.1 Å². The zero-order chi connectivity index (χ0) is 19.7. The Hall–Kier alpha value is -3.21. The molecule has 0 amide bonds. The van der Waals surface area contributed by atoms with Crippen LogP contribution in [0.15, 0.2) is 71.8 Å². The predicted molar refractivity (Wildman–Crippen MR) is 111 cm³/mol. The van der Waals surface area contributed by atoms with Crippen LogP contribution in [0.5, 0.6) is 0 Å². The molecule has 4 aromatic rings. The van der Waals surface area contributed by atoms with Crippen molar-refractivity contribution in [2.45, 2.75) is 33.4 Å². The van der Waals surface area contributed by atoms with E-state index in [-0.39, 0.29) is 17.5 Å². The van der Waals surface area contributed by atoms with Crippen molar-refractivity contribution in [3.05, 3.63) is 94.6 Å². The largest absolute Gasteiger partial charge is 0.324 e. The lowest BCUT2D eigenvalue weighted by Gasteiger charge is -2.26. The highest BCUT2D eigenvalue weighted by molar-refractivity contribution is 5.77. The molecule has 28 heavy (non-hydrogen) atoms. The fraction of sp³-hybridized carbons (Fsp3) is 0.261. The Morgan fingerprint density at radius 2 is 1.71 bits per heavy atom. The molecule has 0 N–H and O–H groups in total. The molecule has 1 atom stereocenters. The molecule has 0 aliphatic carbocycles. The minimum absolute atomic E-state index is 0.00660. The molecule has 0 aliphatic rings. The fourth-order valence-corrected chi connectivity index (χ4v) is 3.76. The van der Waals surface area contributed by atoms with Gasteiger partial charge in [0, 0.05) is 12.4 Å². The van der Waals surface area contributed by atoms with E-state index in [9.17, 15) is 4.79 Å². The number of hydrogen-bond acceptors (Lipinski definition) is 3. The summed E-state index contributed by atoms with van der Waals surface area (Å²) < 4.78 is 3.93. The van der Waals surface area contributed by atoms with Crippen molar-refractivity contribution in [3.63, 3.8) is 0 Å². The Morgan fingerprint density at radius 1 is 1.00 bits per heavy atom. The van der Waals surface area contributed by atoms with Gasteiger partial charge in [-0.3, -0.25) is 9.36 Å². The standard InChI is InChI=1S/C23H24N4O/c1-16(2)21(26-14-13-24-17(26)3)22-25-20-12-8-7-11-19(20)23(28)27(22)15-18-9-5-4-6-10-18/h4-14,16,21H,15H2,1-3H3. The summed E-state index contributed by atoms with van der Waals surface area (Å²) in [4.78, 5) is 22.8. The zero-order valence-electron chi connectivity index (χ0n) is 16.4. The number of nitrogens with zero attached hydrogens (tertiary/aromatic N) is 4. The van der Waals surface area contributed by atoms with Gasteiger partial charge in [-0.05, 0) is 30.5 Å². The van der Waals surface area contributed by atoms with Gasteiger partial charge in [0.15, 0.2) is 0 Å². The Bertz CT molecular complexity index is 1160. The predicted octanol–water partition coefficient (Wildman–Crippen LogP) is 4.20. The number of fused-ring (bicyclic) bond motifs is 1. The topological polar surface area (TPSA) is 52.7 Å². The van der Waals surface area contributed by atoms with Gasteiger partial charge in [-0.25, -0.2) is 9.97 Å². The van der Waals surface area contributed by atoms with Gasteiger partial charge in [0.1, 0.15) is 11.6 Å². The van der Waals surface area contributed by atoms with Crippen molar-refractivity contribution in [2.24, 2.45) is 5.92 Å². The average Bonchev–Trinajstić information content (AvgIpc) is 3.11. The molecule has 0 bridgehead atoms. The lowest BCUT2D eigenvalue weighted by atomic mass is 10.0. The number of hydrogen-bond donors (Lipinski definition) is 0. The molecule has 142 valence electrons. The molecule has 0 saturated heterocycles. The summed E-state index contributed by atoms with van der Waals surface area (Å²) in [6.45, 7) is 6.77. The van der Waals surface area contributed by atoms with E-state index in [0.29, 0.717) is 11.9 Å². The minimum atomic E-state index is -0.0801. The molecule has 0 fully saturated rings. The monoisotopic (exact) mass is 372 g/mol. The molecule has 0 saturated carbocycles. The second-order valence-electron chi connectivity index (χ2n) is 7.43. The van der Waals surface area contributed by atoms with Crippen LogP contribution in [0, 0.1) is 12.8 Å². The van der Waals surface area contributed by atoms with Gasteiger partial charge in [0.25, 0.3) is 5.56 Å². The van der Waals surface area contributed by atoms with E-state index >= 15 is 0 Å². The first-order chi connectivity index (χ1) is 13.6. The van der Waals surface area contributed by atoms with E-state index in [2.05, 4.69) is 23.4 Å². The molecular formula is C23H24N4O. The quantitative estimate of drug-likeness (QED) is 0.528. The second-order valence-corrected chi connectivity index (χ2v) is 7.43. The first-order valence-electron chi connectivity index (χ1n) is 9.59. The summed E-state index contributed by atoms with van der Waals surface area (Å²) >= 11 is 0. The van der Waals surface area contributed by atoms with Crippen LogP contribution < -0.4 is 5.56 Å². The molecule has 5 nitrogen and oxygen atoms in total. The molecule has 0 radical (unpaired) electrons. The van der Waals surface area contributed by atoms with Crippen molar-refractivity contribution in [3.8, 4) is 0 Å². The third kappa shape index (κ3) is 3.24. The van der Waals surface area contributed by atoms with Gasteiger partial charge in [-0.2, -0.15) is 0 Å². The molecule has 0 spiro atoms. The number of aryl methyl sites for hydroxylation is 1. The lowest BCUT2D eigenvalue weighted by Crippen LogP contribution is -2.31. The van der Waals surface area contributed by atoms with Crippen LogP contribution in [0.25, 0.3) is 10.9 Å². The maximum atomic E-state index is 13.4. The average molecular weight is 372 g/mol. The summed E-state index contributed by atoms with van der Waals surface area (Å²) in [6.07, 6.45) is 3.76. The first kappa shape index (κ1) is 18.2. The molecule has 1 unspecified atom stereocenters. The van der Waals surface area contributed by atoms with Gasteiger partial charge in [-0.15, -0.1) is 0 Å². The van der Waals surface area contributed by atoms with Crippen LogP contribution in [0.3, 0.4) is 0 Å². The normalized spacial score (nSPS) is 12.6. The number of aromatic nitrogens is 4. The van der Waals surface area contributed by atoms with E-state index < -0.39 is 0 Å². The van der Waals surface area contributed by atoms with Gasteiger partial charge in [0.05, 0.1) is 23.5 Å². The third-order valence-corrected chi connectivity index (χ3v) is 5.13. The highest BCUT2D eigenvalue weighted by atomic mass is 16.1. The molecule has 2 heterocycles. The maximum absolute atomic E-state index is 13.4. The van der Waals surface area contributed by atoms with E-state index in [1.165, 1.54) is 0 Å². The first-order valence-corrected chi connectivity index (χ1v) is 9.59. The van der Waals surface area contributed by atoms with Gasteiger partial charge in [-0.1, -0.05) is 56.3 Å². The highest BCUT2D eigenvalue weighted by Crippen LogP contribution is 2.27. The SMILES string of the molecule is Cc1nccn1C(c1nc2ccccc2c(=O)n1Cc1ccccc1)C(C)C. The maximum Gasteiger partial charge on any atom is 0.261 e. The van der Waals surface area contributed by atoms with Crippen LogP contribution in [0.4, 0.5) is 0 Å². The number of benzene rings is 2. The van der Waals surface area contributed by atoms with E-state index in [0.717, 1.165) is 22.7 Å². The lowest BCUT2D eigenvalue weighted by molar-refractivity contribution is 0.392. The Kier molecular flexibility index (Phi) is 4.82. The summed E-state index contributed by atoms with van der Waals surface area (Å²) in [5, 5.41) is 0.645. The molecular weight excluding hydrogens is 348 g/mol. The van der Waals surface area contributed by atoms with Crippen LogP contribution in [0.2, 0.25) is 0 Å². The van der Waals surface area contributed by atoms with Crippen LogP contribution >= 0.6 is 0 Å². The molecule has 4 rings (SSSR count). The van der Waals surface area contributed by atoms with Gasteiger partial charge >= 0.3 is 0 Å². The van der Waals surface area contributed by atoms with Gasteiger partial charge in [0.2, 0.25) is 0 Å². The number of rotatable bonds is 5. The Morgan fingerprint density at radius 3 is 2.39 bits per heavy atom. The van der Waals surface area contributed by atoms with Crippen molar-refractivity contribution in [1.29, 1.82) is 0 Å². The van der Waals surface area contributed by atoms with Crippen LogP contribution in [-0.2, 0) is 6.54 Å². The van der Waals surface area contributed by atoms with Crippen molar-refractivity contribution < 1.29 is 0 Å². The van der Waals surface area contributed by atoms with Crippen molar-refractivity contribution >= 4 is 10.9 Å². The van der Waals surface area contributed by atoms with E-state index in [4.69, 9.17) is 4.98 Å². The molecule has 2 aromatic carbocycles. The van der Waals surface area contributed by atoms with Gasteiger partial charge < -0.3 is 4.57 Å². The summed E-state index contributed by atoms with van der Waals surface area (Å²) in [6, 6.07) is 17.5. The minimum Gasteiger partial charge on any atom is -0.324 e.